The van der Waals surface area contributed by atoms with Crippen LogP contribution in [-0.4, -0.2) is 49.0 Å². The molecule has 0 saturated carbocycles. The summed E-state index contributed by atoms with van der Waals surface area (Å²) in [6, 6.07) is 19.3. The standard InChI is InChI=1S/C19H21BrO5.C17H13ClFN3O/c1-10-9-14(23-4)18(24-5)19(25-6)15(10)17(21)16-11(2)12(20)7-8-13(16)22-3;18-15-4-2-1-3-14(15)16-17(23-16,9-22-11-20-10-21-22)12-5-7-13(19)8-6-12/h7-9H,1-6H3;1-8,10-11,16H,9H2. The number of ether oxygens (including phenoxy) is 5. The summed E-state index contributed by atoms with van der Waals surface area (Å²) in [5.74, 6) is 1.25. The highest BCUT2D eigenvalue weighted by atomic mass is 79.9. The number of aromatic nitrogens is 3. The maximum absolute atomic E-state index is 13.4. The fourth-order valence-electron chi connectivity index (χ4n) is 5.70. The first-order valence-corrected chi connectivity index (χ1v) is 15.9. The molecule has 48 heavy (non-hydrogen) atoms. The van der Waals surface area contributed by atoms with E-state index >= 15 is 0 Å². The van der Waals surface area contributed by atoms with Crippen LogP contribution in [0.5, 0.6) is 23.0 Å². The van der Waals surface area contributed by atoms with Crippen LogP contribution in [0.25, 0.3) is 0 Å². The molecular formula is C36H34BrClFN3O6. The Morgan fingerprint density at radius 1 is 0.938 bits per heavy atom. The molecule has 4 aromatic carbocycles. The van der Waals surface area contributed by atoms with Gasteiger partial charge in [-0.3, -0.25) is 4.79 Å². The third kappa shape index (κ3) is 6.76. The highest BCUT2D eigenvalue weighted by molar-refractivity contribution is 9.10. The Balaban J connectivity index is 0.000000188. The Hall–Kier alpha value is -4.45. The van der Waals surface area contributed by atoms with Gasteiger partial charge in [0.1, 0.15) is 35.9 Å². The first-order chi connectivity index (χ1) is 23.1. The van der Waals surface area contributed by atoms with Crippen molar-refractivity contribution in [3.05, 3.63) is 128 Å². The number of carbonyl (C=O) groups is 1. The summed E-state index contributed by atoms with van der Waals surface area (Å²) >= 11 is 9.78. The van der Waals surface area contributed by atoms with Crippen molar-refractivity contribution < 1.29 is 32.9 Å². The van der Waals surface area contributed by atoms with Gasteiger partial charge in [0.05, 0.1) is 46.1 Å². The molecule has 6 rings (SSSR count). The van der Waals surface area contributed by atoms with Crippen LogP contribution in [0.4, 0.5) is 4.39 Å². The largest absolute Gasteiger partial charge is 0.496 e. The van der Waals surface area contributed by atoms with Crippen LogP contribution in [0.1, 0.15) is 44.3 Å². The molecule has 2 unspecified atom stereocenters. The fourth-order valence-corrected chi connectivity index (χ4v) is 6.26. The number of aryl methyl sites for hydroxylation is 1. The van der Waals surface area contributed by atoms with Crippen LogP contribution in [0.3, 0.4) is 0 Å². The summed E-state index contributed by atoms with van der Waals surface area (Å²) in [5, 5.41) is 4.81. The number of hydrogen-bond acceptors (Lipinski definition) is 8. The molecule has 0 amide bonds. The second kappa shape index (κ2) is 14.8. The van der Waals surface area contributed by atoms with E-state index in [1.165, 1.54) is 39.8 Å². The number of nitrogens with zero attached hydrogens (tertiary/aromatic N) is 3. The molecule has 0 N–H and O–H groups in total. The van der Waals surface area contributed by atoms with E-state index in [0.29, 0.717) is 45.7 Å². The van der Waals surface area contributed by atoms with Crippen molar-refractivity contribution in [3.8, 4) is 23.0 Å². The molecule has 12 heteroatoms. The van der Waals surface area contributed by atoms with Crippen molar-refractivity contribution >= 4 is 33.3 Å². The van der Waals surface area contributed by atoms with Crippen molar-refractivity contribution in [2.24, 2.45) is 0 Å². The minimum Gasteiger partial charge on any atom is -0.496 e. The van der Waals surface area contributed by atoms with Gasteiger partial charge in [-0.05, 0) is 66.9 Å². The smallest absolute Gasteiger partial charge is 0.204 e. The van der Waals surface area contributed by atoms with Crippen LogP contribution >= 0.6 is 27.5 Å². The van der Waals surface area contributed by atoms with Crippen LogP contribution < -0.4 is 18.9 Å². The van der Waals surface area contributed by atoms with Gasteiger partial charge in [0.2, 0.25) is 11.5 Å². The van der Waals surface area contributed by atoms with Crippen molar-refractivity contribution in [1.29, 1.82) is 0 Å². The molecule has 250 valence electrons. The predicted molar refractivity (Wildman–Crippen MR) is 183 cm³/mol. The second-order valence-corrected chi connectivity index (χ2v) is 12.2. The zero-order valence-corrected chi connectivity index (χ0v) is 29.6. The maximum atomic E-state index is 13.4. The average molecular weight is 739 g/mol. The van der Waals surface area contributed by atoms with E-state index < -0.39 is 5.60 Å². The van der Waals surface area contributed by atoms with Gasteiger partial charge >= 0.3 is 0 Å². The van der Waals surface area contributed by atoms with Gasteiger partial charge in [0.15, 0.2) is 11.5 Å². The molecule has 1 aliphatic heterocycles. The van der Waals surface area contributed by atoms with Crippen molar-refractivity contribution in [1.82, 2.24) is 14.8 Å². The molecule has 1 aromatic heterocycles. The lowest BCUT2D eigenvalue weighted by Crippen LogP contribution is -2.19. The number of rotatable bonds is 10. The van der Waals surface area contributed by atoms with E-state index in [1.54, 1.807) is 42.4 Å². The molecule has 0 radical (unpaired) electrons. The molecule has 5 aromatic rings. The minimum atomic E-state index is -0.619. The fraction of sp³-hybridized carbons (Fsp3) is 0.250. The van der Waals surface area contributed by atoms with Crippen molar-refractivity contribution in [2.75, 3.05) is 28.4 Å². The molecule has 0 spiro atoms. The van der Waals surface area contributed by atoms with Crippen LogP contribution in [0, 0.1) is 19.7 Å². The number of ketones is 1. The number of halogens is 3. The van der Waals surface area contributed by atoms with Gasteiger partial charge < -0.3 is 23.7 Å². The monoisotopic (exact) mass is 737 g/mol. The molecule has 1 fully saturated rings. The van der Waals surface area contributed by atoms with Gasteiger partial charge in [0.25, 0.3) is 0 Å². The number of methoxy groups -OCH3 is 4. The number of carbonyl (C=O) groups excluding carboxylic acids is 1. The SMILES string of the molecule is COc1cc(C)c(C(=O)c2c(OC)ccc(Br)c2C)c(OC)c1OC.Fc1ccc(C2(Cn3cncn3)OC2c2ccccc2Cl)cc1. The van der Waals surface area contributed by atoms with E-state index in [4.69, 9.17) is 35.3 Å². The number of benzene rings is 4. The summed E-state index contributed by atoms with van der Waals surface area (Å²) in [6.45, 7) is 4.18. The Bertz CT molecular complexity index is 1920. The quantitative estimate of drug-likeness (QED) is 0.105. The van der Waals surface area contributed by atoms with E-state index in [-0.39, 0.29) is 17.7 Å². The third-order valence-electron chi connectivity index (χ3n) is 8.14. The summed E-state index contributed by atoms with van der Waals surface area (Å²) in [7, 11) is 6.09. The highest BCUT2D eigenvalue weighted by Gasteiger charge is 2.59. The second-order valence-electron chi connectivity index (χ2n) is 10.9. The zero-order chi connectivity index (χ0) is 34.6. The van der Waals surface area contributed by atoms with E-state index in [9.17, 15) is 9.18 Å². The van der Waals surface area contributed by atoms with Crippen LogP contribution in [-0.2, 0) is 16.9 Å². The summed E-state index contributed by atoms with van der Waals surface area (Å²) in [5.41, 5.74) is 3.59. The number of epoxide rings is 1. The zero-order valence-electron chi connectivity index (χ0n) is 27.2. The first kappa shape index (κ1) is 34.9. The molecule has 9 nitrogen and oxygen atoms in total. The minimum absolute atomic E-state index is 0.203. The molecule has 1 saturated heterocycles. The molecule has 1 aliphatic rings. The Labute approximate surface area is 291 Å². The number of hydrogen-bond donors (Lipinski definition) is 0. The van der Waals surface area contributed by atoms with E-state index in [2.05, 4.69) is 26.0 Å². The molecule has 0 bridgehead atoms. The van der Waals surface area contributed by atoms with Crippen molar-refractivity contribution in [2.45, 2.75) is 32.1 Å². The Morgan fingerprint density at radius 2 is 1.62 bits per heavy atom. The normalized spacial score (nSPS) is 16.4. The summed E-state index contributed by atoms with van der Waals surface area (Å²) in [4.78, 5) is 17.4. The summed E-state index contributed by atoms with van der Waals surface area (Å²) in [6.07, 6.45) is 2.91. The third-order valence-corrected chi connectivity index (χ3v) is 9.34. The van der Waals surface area contributed by atoms with Gasteiger partial charge in [-0.15, -0.1) is 0 Å². The van der Waals surface area contributed by atoms with Gasteiger partial charge in [0, 0.05) is 15.1 Å². The first-order valence-electron chi connectivity index (χ1n) is 14.8. The van der Waals surface area contributed by atoms with Gasteiger partial charge in [-0.25, -0.2) is 14.1 Å². The topological polar surface area (TPSA) is 97.2 Å². The molecule has 2 heterocycles. The van der Waals surface area contributed by atoms with E-state index in [1.807, 2.05) is 44.2 Å². The molecule has 0 aliphatic carbocycles. The van der Waals surface area contributed by atoms with Crippen molar-refractivity contribution in [3.63, 3.8) is 0 Å². The Kier molecular flexibility index (Phi) is 10.7. The maximum Gasteiger partial charge on any atom is 0.204 e. The average Bonchev–Trinajstić information content (AvgIpc) is 3.56. The van der Waals surface area contributed by atoms with Gasteiger partial charge in [-0.1, -0.05) is 57.9 Å². The van der Waals surface area contributed by atoms with Gasteiger partial charge in [-0.2, -0.15) is 5.10 Å². The Morgan fingerprint density at radius 3 is 2.23 bits per heavy atom. The molecular weight excluding hydrogens is 705 g/mol. The predicted octanol–water partition coefficient (Wildman–Crippen LogP) is 8.07. The lowest BCUT2D eigenvalue weighted by atomic mass is 9.91. The molecule has 2 atom stereocenters. The van der Waals surface area contributed by atoms with Crippen LogP contribution in [0.15, 0.2) is 83.9 Å². The summed E-state index contributed by atoms with van der Waals surface area (Å²) < 4.78 is 43.5. The lowest BCUT2D eigenvalue weighted by Gasteiger charge is -2.19. The van der Waals surface area contributed by atoms with Crippen LogP contribution in [0.2, 0.25) is 5.02 Å². The highest BCUT2D eigenvalue weighted by Crippen LogP contribution is 2.59. The van der Waals surface area contributed by atoms with E-state index in [0.717, 1.165) is 26.7 Å². The lowest BCUT2D eigenvalue weighted by molar-refractivity contribution is 0.103.